The fourth-order valence-corrected chi connectivity index (χ4v) is 2.51. The van der Waals surface area contributed by atoms with Gasteiger partial charge in [-0.2, -0.15) is 4.98 Å². The van der Waals surface area contributed by atoms with E-state index in [1.165, 1.54) is 5.69 Å². The van der Waals surface area contributed by atoms with Gasteiger partial charge in [0, 0.05) is 38.8 Å². The number of piperazine rings is 1. The van der Waals surface area contributed by atoms with Gasteiger partial charge in [-0.05, 0) is 12.1 Å². The Kier molecular flexibility index (Phi) is 3.85. The lowest BCUT2D eigenvalue weighted by Crippen LogP contribution is -2.49. The van der Waals surface area contributed by atoms with E-state index in [0.29, 0.717) is 11.7 Å². The van der Waals surface area contributed by atoms with Gasteiger partial charge in [-0.1, -0.05) is 23.4 Å². The van der Waals surface area contributed by atoms with Crippen molar-refractivity contribution in [2.45, 2.75) is 13.3 Å². The fraction of sp³-hybridized carbons (Fsp3) is 0.400. The largest absolute Gasteiger partial charge is 0.368 e. The maximum absolute atomic E-state index is 12.2. The number of para-hydroxylation sites is 1. The first kappa shape index (κ1) is 13.6. The molecule has 1 aliphatic heterocycles. The van der Waals surface area contributed by atoms with E-state index in [1.807, 2.05) is 23.1 Å². The quantitative estimate of drug-likeness (QED) is 0.850. The zero-order valence-corrected chi connectivity index (χ0v) is 12.0. The van der Waals surface area contributed by atoms with E-state index in [9.17, 15) is 4.79 Å². The van der Waals surface area contributed by atoms with E-state index in [1.54, 1.807) is 6.92 Å². The summed E-state index contributed by atoms with van der Waals surface area (Å²) in [5, 5.41) is 3.77. The second kappa shape index (κ2) is 5.95. The molecule has 1 fully saturated rings. The lowest BCUT2D eigenvalue weighted by Gasteiger charge is -2.36. The molecule has 0 saturated carbocycles. The highest BCUT2D eigenvalue weighted by Gasteiger charge is 2.22. The van der Waals surface area contributed by atoms with Gasteiger partial charge in [0.2, 0.25) is 11.8 Å². The predicted octanol–water partition coefficient (Wildman–Crippen LogP) is 1.27. The van der Waals surface area contributed by atoms with Gasteiger partial charge in [0.1, 0.15) is 0 Å². The molecule has 110 valence electrons. The Labute approximate surface area is 123 Å². The molecule has 3 rings (SSSR count). The average molecular weight is 286 g/mol. The summed E-state index contributed by atoms with van der Waals surface area (Å²) in [6.07, 6.45) is 0.211. The molecule has 0 radical (unpaired) electrons. The summed E-state index contributed by atoms with van der Waals surface area (Å²) in [5.41, 5.74) is 1.21. The molecule has 0 atom stereocenters. The molecule has 6 heteroatoms. The predicted molar refractivity (Wildman–Crippen MR) is 78.0 cm³/mol. The molecule has 1 aromatic carbocycles. The van der Waals surface area contributed by atoms with E-state index in [0.717, 1.165) is 26.2 Å². The van der Waals surface area contributed by atoms with Gasteiger partial charge in [0.15, 0.2) is 5.82 Å². The van der Waals surface area contributed by atoms with Gasteiger partial charge >= 0.3 is 0 Å². The molecule has 0 unspecified atom stereocenters. The van der Waals surface area contributed by atoms with Crippen molar-refractivity contribution >= 4 is 11.6 Å². The summed E-state index contributed by atoms with van der Waals surface area (Å²) in [4.78, 5) is 20.4. The third-order valence-corrected chi connectivity index (χ3v) is 3.63. The summed E-state index contributed by atoms with van der Waals surface area (Å²) in [5.74, 6) is 1.01. The van der Waals surface area contributed by atoms with Crippen LogP contribution in [0.3, 0.4) is 0 Å². The molecule has 0 bridgehead atoms. The van der Waals surface area contributed by atoms with Crippen LogP contribution >= 0.6 is 0 Å². The highest BCUT2D eigenvalue weighted by molar-refractivity contribution is 5.78. The zero-order chi connectivity index (χ0) is 14.7. The minimum Gasteiger partial charge on any atom is -0.368 e. The summed E-state index contributed by atoms with van der Waals surface area (Å²) in [6.45, 7) is 4.87. The highest BCUT2D eigenvalue weighted by Crippen LogP contribution is 2.15. The molecule has 21 heavy (non-hydrogen) atoms. The summed E-state index contributed by atoms with van der Waals surface area (Å²) >= 11 is 0. The molecule has 2 heterocycles. The van der Waals surface area contributed by atoms with Crippen LogP contribution in [0, 0.1) is 6.92 Å². The van der Waals surface area contributed by atoms with E-state index < -0.39 is 0 Å². The number of hydrogen-bond donors (Lipinski definition) is 0. The van der Waals surface area contributed by atoms with Crippen LogP contribution in [0.25, 0.3) is 0 Å². The average Bonchev–Trinajstić information content (AvgIpc) is 2.93. The monoisotopic (exact) mass is 286 g/mol. The third-order valence-electron chi connectivity index (χ3n) is 3.63. The van der Waals surface area contributed by atoms with Gasteiger partial charge in [0.25, 0.3) is 0 Å². The summed E-state index contributed by atoms with van der Waals surface area (Å²) < 4.78 is 4.89. The molecule has 2 aromatic rings. The number of carbonyl (C=O) groups excluding carboxylic acids is 1. The first-order valence-electron chi connectivity index (χ1n) is 7.09. The Bertz CT molecular complexity index is 603. The van der Waals surface area contributed by atoms with Crippen LogP contribution < -0.4 is 4.90 Å². The van der Waals surface area contributed by atoms with Gasteiger partial charge in [-0.3, -0.25) is 4.79 Å². The third kappa shape index (κ3) is 3.21. The van der Waals surface area contributed by atoms with Crippen LogP contribution in [-0.4, -0.2) is 47.1 Å². The number of amides is 1. The number of rotatable bonds is 3. The zero-order valence-electron chi connectivity index (χ0n) is 12.0. The molecule has 0 aliphatic carbocycles. The van der Waals surface area contributed by atoms with Crippen LogP contribution in [0.4, 0.5) is 5.69 Å². The van der Waals surface area contributed by atoms with Crippen LogP contribution in [0.2, 0.25) is 0 Å². The van der Waals surface area contributed by atoms with E-state index in [-0.39, 0.29) is 12.3 Å². The van der Waals surface area contributed by atoms with Crippen LogP contribution in [0.15, 0.2) is 34.9 Å². The first-order chi connectivity index (χ1) is 10.2. The van der Waals surface area contributed by atoms with Crippen molar-refractivity contribution in [1.82, 2.24) is 15.0 Å². The van der Waals surface area contributed by atoms with Gasteiger partial charge in [0.05, 0.1) is 6.42 Å². The first-order valence-corrected chi connectivity index (χ1v) is 7.09. The maximum Gasteiger partial charge on any atom is 0.230 e. The van der Waals surface area contributed by atoms with Crippen molar-refractivity contribution in [2.24, 2.45) is 0 Å². The molecule has 1 amide bonds. The van der Waals surface area contributed by atoms with Crippen molar-refractivity contribution in [3.8, 4) is 0 Å². The van der Waals surface area contributed by atoms with Crippen LogP contribution in [0.5, 0.6) is 0 Å². The number of nitrogens with zero attached hydrogens (tertiary/aromatic N) is 4. The summed E-state index contributed by atoms with van der Waals surface area (Å²) in [6, 6.07) is 10.3. The molecular formula is C15H18N4O2. The molecule has 0 spiro atoms. The molecule has 0 N–H and O–H groups in total. The smallest absolute Gasteiger partial charge is 0.230 e. The van der Waals surface area contributed by atoms with E-state index in [2.05, 4.69) is 27.2 Å². The number of benzene rings is 1. The van der Waals surface area contributed by atoms with E-state index >= 15 is 0 Å². The Morgan fingerprint density at radius 2 is 1.90 bits per heavy atom. The van der Waals surface area contributed by atoms with Gasteiger partial charge in [-0.15, -0.1) is 0 Å². The van der Waals surface area contributed by atoms with Crippen molar-refractivity contribution in [1.29, 1.82) is 0 Å². The SMILES string of the molecule is Cc1nc(CC(=O)N2CCN(c3ccccc3)CC2)no1. The number of carbonyl (C=O) groups is 1. The van der Waals surface area contributed by atoms with Crippen LogP contribution in [0.1, 0.15) is 11.7 Å². The van der Waals surface area contributed by atoms with Crippen molar-refractivity contribution < 1.29 is 9.32 Å². The summed E-state index contributed by atoms with van der Waals surface area (Å²) in [7, 11) is 0. The van der Waals surface area contributed by atoms with Crippen molar-refractivity contribution in [2.75, 3.05) is 31.1 Å². The molecule has 6 nitrogen and oxygen atoms in total. The number of anilines is 1. The Balaban J connectivity index is 1.54. The number of aryl methyl sites for hydroxylation is 1. The number of hydrogen-bond acceptors (Lipinski definition) is 5. The Morgan fingerprint density at radius 1 is 1.19 bits per heavy atom. The van der Waals surface area contributed by atoms with Crippen LogP contribution in [-0.2, 0) is 11.2 Å². The standard InChI is InChI=1S/C15H18N4O2/c1-12-16-14(17-21-12)11-15(20)19-9-7-18(8-10-19)13-5-3-2-4-6-13/h2-6H,7-11H2,1H3. The Morgan fingerprint density at radius 3 is 2.52 bits per heavy atom. The minimum absolute atomic E-state index is 0.0588. The minimum atomic E-state index is 0.0588. The second-order valence-corrected chi connectivity index (χ2v) is 5.11. The molecular weight excluding hydrogens is 268 g/mol. The Hall–Kier alpha value is -2.37. The van der Waals surface area contributed by atoms with Crippen molar-refractivity contribution in [3.05, 3.63) is 42.0 Å². The topological polar surface area (TPSA) is 62.5 Å². The lowest BCUT2D eigenvalue weighted by atomic mass is 10.2. The number of aromatic nitrogens is 2. The molecule has 1 aromatic heterocycles. The molecule has 1 aliphatic rings. The van der Waals surface area contributed by atoms with Crippen molar-refractivity contribution in [3.63, 3.8) is 0 Å². The lowest BCUT2D eigenvalue weighted by molar-refractivity contribution is -0.130. The van der Waals surface area contributed by atoms with E-state index in [4.69, 9.17) is 4.52 Å². The second-order valence-electron chi connectivity index (χ2n) is 5.11. The maximum atomic E-state index is 12.2. The fourth-order valence-electron chi connectivity index (χ4n) is 2.51. The van der Waals surface area contributed by atoms with Gasteiger partial charge in [-0.25, -0.2) is 0 Å². The molecule has 1 saturated heterocycles. The van der Waals surface area contributed by atoms with Gasteiger partial charge < -0.3 is 14.3 Å². The highest BCUT2D eigenvalue weighted by atomic mass is 16.5. The normalized spacial score (nSPS) is 15.3.